The first-order valence-electron chi connectivity index (χ1n) is 6.03. The molecule has 0 unspecified atom stereocenters. The van der Waals surface area contributed by atoms with E-state index in [1.165, 1.54) is 12.1 Å². The van der Waals surface area contributed by atoms with Crippen LogP contribution < -0.4 is 5.73 Å². The molecule has 0 bridgehead atoms. The topological polar surface area (TPSA) is 78.8 Å². The number of aromatic hydroxyl groups is 2. The standard InChI is InChI=1S/C15H16N2O2.ClH/c16-15(12-4-2-1-3-5-12)17-9-8-11-6-7-13(18)14(19)10-11;/h1-7,10,18-19H,8-9H2,(H2,16,17);1H. The predicted molar refractivity (Wildman–Crippen MR) is 82.8 cm³/mol. The monoisotopic (exact) mass is 292 g/mol. The SMILES string of the molecule is Cl.NC(=NCCc1ccc(O)c(O)c1)c1ccccc1. The van der Waals surface area contributed by atoms with Crippen LogP contribution in [0.5, 0.6) is 11.5 Å². The highest BCUT2D eigenvalue weighted by atomic mass is 35.5. The van der Waals surface area contributed by atoms with Crippen LogP contribution in [0.15, 0.2) is 53.5 Å². The van der Waals surface area contributed by atoms with Crippen LogP contribution in [-0.4, -0.2) is 22.6 Å². The fourth-order valence-corrected chi connectivity index (χ4v) is 1.73. The minimum Gasteiger partial charge on any atom is -0.504 e. The molecule has 0 aromatic heterocycles. The lowest BCUT2D eigenvalue weighted by Crippen LogP contribution is -2.14. The van der Waals surface area contributed by atoms with Gasteiger partial charge in [-0.1, -0.05) is 36.4 Å². The molecular weight excluding hydrogens is 276 g/mol. The fourth-order valence-electron chi connectivity index (χ4n) is 1.73. The van der Waals surface area contributed by atoms with Crippen molar-refractivity contribution >= 4 is 18.2 Å². The van der Waals surface area contributed by atoms with E-state index in [-0.39, 0.29) is 23.9 Å². The Labute approximate surface area is 124 Å². The van der Waals surface area contributed by atoms with E-state index in [2.05, 4.69) is 4.99 Å². The Bertz CT molecular complexity index is 586. The summed E-state index contributed by atoms with van der Waals surface area (Å²) in [7, 11) is 0. The molecule has 0 aliphatic carbocycles. The average Bonchev–Trinajstić information content (AvgIpc) is 2.43. The van der Waals surface area contributed by atoms with Crippen molar-refractivity contribution < 1.29 is 10.2 Å². The van der Waals surface area contributed by atoms with Gasteiger partial charge in [0.05, 0.1) is 0 Å². The largest absolute Gasteiger partial charge is 0.504 e. The van der Waals surface area contributed by atoms with Crippen LogP contribution in [0, 0.1) is 0 Å². The van der Waals surface area contributed by atoms with Crippen LogP contribution in [0.2, 0.25) is 0 Å². The summed E-state index contributed by atoms with van der Waals surface area (Å²) in [5.41, 5.74) is 7.68. The van der Waals surface area contributed by atoms with Crippen molar-refractivity contribution in [3.63, 3.8) is 0 Å². The van der Waals surface area contributed by atoms with Gasteiger partial charge in [0.25, 0.3) is 0 Å². The lowest BCUT2D eigenvalue weighted by Gasteiger charge is -2.03. The Hall–Kier alpha value is -2.20. The number of nitrogens with two attached hydrogens (primary N) is 1. The summed E-state index contributed by atoms with van der Waals surface area (Å²) in [5, 5.41) is 18.6. The minimum absolute atomic E-state index is 0. The van der Waals surface area contributed by atoms with Crippen LogP contribution >= 0.6 is 12.4 Å². The summed E-state index contributed by atoms with van der Waals surface area (Å²) in [5.74, 6) is 0.275. The maximum atomic E-state index is 9.38. The Morgan fingerprint density at radius 3 is 2.35 bits per heavy atom. The molecule has 0 saturated carbocycles. The molecule has 2 aromatic rings. The van der Waals surface area contributed by atoms with Crippen molar-refractivity contribution in [3.05, 3.63) is 59.7 Å². The van der Waals surface area contributed by atoms with E-state index in [0.717, 1.165) is 11.1 Å². The maximum Gasteiger partial charge on any atom is 0.157 e. The summed E-state index contributed by atoms with van der Waals surface area (Å²) >= 11 is 0. The third-order valence-electron chi connectivity index (χ3n) is 2.79. The van der Waals surface area contributed by atoms with Gasteiger partial charge in [0.15, 0.2) is 11.5 Å². The number of phenols is 2. The second-order valence-corrected chi connectivity index (χ2v) is 4.21. The molecule has 4 N–H and O–H groups in total. The Balaban J connectivity index is 0.00000200. The number of aliphatic imine (C=N–C) groups is 1. The Kier molecular flexibility index (Phi) is 5.87. The van der Waals surface area contributed by atoms with Crippen molar-refractivity contribution in [1.29, 1.82) is 0 Å². The number of halogens is 1. The molecule has 2 rings (SSSR count). The minimum atomic E-state index is -0.115. The molecule has 0 fully saturated rings. The second kappa shape index (κ2) is 7.40. The lowest BCUT2D eigenvalue weighted by molar-refractivity contribution is 0.403. The first-order valence-corrected chi connectivity index (χ1v) is 6.03. The average molecular weight is 293 g/mol. The van der Waals surface area contributed by atoms with E-state index in [9.17, 15) is 10.2 Å². The normalized spacial score (nSPS) is 10.9. The number of hydrogen-bond donors (Lipinski definition) is 3. The highest BCUT2D eigenvalue weighted by Crippen LogP contribution is 2.24. The van der Waals surface area contributed by atoms with E-state index in [1.54, 1.807) is 6.07 Å². The molecule has 0 aliphatic rings. The van der Waals surface area contributed by atoms with Gasteiger partial charge in [0, 0.05) is 12.1 Å². The van der Waals surface area contributed by atoms with Crippen molar-refractivity contribution in [3.8, 4) is 11.5 Å². The second-order valence-electron chi connectivity index (χ2n) is 4.21. The maximum absolute atomic E-state index is 9.38. The van der Waals surface area contributed by atoms with Crippen LogP contribution in [0.4, 0.5) is 0 Å². The molecule has 0 heterocycles. The van der Waals surface area contributed by atoms with Crippen LogP contribution in [-0.2, 0) is 6.42 Å². The lowest BCUT2D eigenvalue weighted by atomic mass is 10.1. The molecule has 5 heteroatoms. The van der Waals surface area contributed by atoms with Gasteiger partial charge < -0.3 is 15.9 Å². The van der Waals surface area contributed by atoms with E-state index in [4.69, 9.17) is 5.73 Å². The summed E-state index contributed by atoms with van der Waals surface area (Å²) in [6.07, 6.45) is 0.654. The number of amidine groups is 1. The van der Waals surface area contributed by atoms with Gasteiger partial charge >= 0.3 is 0 Å². The molecule has 106 valence electrons. The Morgan fingerprint density at radius 1 is 1.00 bits per heavy atom. The van der Waals surface area contributed by atoms with Crippen LogP contribution in [0.25, 0.3) is 0 Å². The zero-order valence-electron chi connectivity index (χ0n) is 10.9. The third kappa shape index (κ3) is 4.17. The van der Waals surface area contributed by atoms with Gasteiger partial charge in [-0.3, -0.25) is 4.99 Å². The molecule has 0 atom stereocenters. The Morgan fingerprint density at radius 2 is 1.70 bits per heavy atom. The zero-order valence-corrected chi connectivity index (χ0v) is 11.7. The third-order valence-corrected chi connectivity index (χ3v) is 2.79. The molecule has 20 heavy (non-hydrogen) atoms. The molecule has 0 saturated heterocycles. The van der Waals surface area contributed by atoms with Crippen LogP contribution in [0.1, 0.15) is 11.1 Å². The molecule has 0 amide bonds. The van der Waals surface area contributed by atoms with Gasteiger partial charge in [-0.05, 0) is 24.1 Å². The number of phenolic OH excluding ortho intramolecular Hbond substituents is 2. The van der Waals surface area contributed by atoms with E-state index < -0.39 is 0 Å². The van der Waals surface area contributed by atoms with Crippen molar-refractivity contribution in [2.45, 2.75) is 6.42 Å². The zero-order chi connectivity index (χ0) is 13.7. The van der Waals surface area contributed by atoms with Crippen LogP contribution in [0.3, 0.4) is 0 Å². The summed E-state index contributed by atoms with van der Waals surface area (Å²) < 4.78 is 0. The van der Waals surface area contributed by atoms with Crippen molar-refractivity contribution in [2.75, 3.05) is 6.54 Å². The van der Waals surface area contributed by atoms with E-state index in [1.807, 2.05) is 30.3 Å². The fraction of sp³-hybridized carbons (Fsp3) is 0.133. The number of benzene rings is 2. The number of hydrogen-bond acceptors (Lipinski definition) is 3. The molecule has 0 aliphatic heterocycles. The molecule has 0 spiro atoms. The first kappa shape index (κ1) is 15.9. The van der Waals surface area contributed by atoms with Gasteiger partial charge in [-0.25, -0.2) is 0 Å². The number of rotatable bonds is 4. The molecule has 2 aromatic carbocycles. The summed E-state index contributed by atoms with van der Waals surface area (Å²) in [6.45, 7) is 0.533. The summed E-state index contributed by atoms with van der Waals surface area (Å²) in [6, 6.07) is 14.3. The van der Waals surface area contributed by atoms with Crippen molar-refractivity contribution in [1.82, 2.24) is 0 Å². The molecular formula is C15H17ClN2O2. The summed E-state index contributed by atoms with van der Waals surface area (Å²) in [4.78, 5) is 4.29. The van der Waals surface area contributed by atoms with Crippen molar-refractivity contribution in [2.24, 2.45) is 10.7 Å². The highest BCUT2D eigenvalue weighted by Gasteiger charge is 2.01. The van der Waals surface area contributed by atoms with Gasteiger partial charge in [0.1, 0.15) is 5.84 Å². The quantitative estimate of drug-likeness (QED) is 0.460. The number of nitrogens with zero attached hydrogens (tertiary/aromatic N) is 1. The predicted octanol–water partition coefficient (Wildman–Crippen LogP) is 2.47. The van der Waals surface area contributed by atoms with Gasteiger partial charge in [-0.15, -0.1) is 12.4 Å². The molecule has 0 radical (unpaired) electrons. The van der Waals surface area contributed by atoms with E-state index in [0.29, 0.717) is 18.8 Å². The van der Waals surface area contributed by atoms with Gasteiger partial charge in [-0.2, -0.15) is 0 Å². The smallest absolute Gasteiger partial charge is 0.157 e. The molecule has 4 nitrogen and oxygen atoms in total. The first-order chi connectivity index (χ1) is 9.16. The van der Waals surface area contributed by atoms with E-state index >= 15 is 0 Å². The highest BCUT2D eigenvalue weighted by molar-refractivity contribution is 5.97. The van der Waals surface area contributed by atoms with Gasteiger partial charge in [0.2, 0.25) is 0 Å².